The molecule has 0 aliphatic rings. The lowest BCUT2D eigenvalue weighted by Crippen LogP contribution is -2.29. The number of hydrogen-bond donors (Lipinski definition) is 2. The smallest absolute Gasteiger partial charge is 0.307 e. The van der Waals surface area contributed by atoms with Gasteiger partial charge in [0.25, 0.3) is 0 Å². The van der Waals surface area contributed by atoms with Crippen LogP contribution in [0.1, 0.15) is 104 Å². The zero-order chi connectivity index (χ0) is 18.2. The van der Waals surface area contributed by atoms with E-state index in [2.05, 4.69) is 6.92 Å². The number of carbonyl (C=O) groups is 2. The molecule has 0 aliphatic heterocycles. The number of aliphatic carboxylic acids is 2. The molecule has 0 fully saturated rings. The van der Waals surface area contributed by atoms with Crippen LogP contribution in [0.25, 0.3) is 0 Å². The van der Waals surface area contributed by atoms with Gasteiger partial charge in [0.2, 0.25) is 0 Å². The Labute approximate surface area is 148 Å². The summed E-state index contributed by atoms with van der Waals surface area (Å²) in [6, 6.07) is 0. The topological polar surface area (TPSA) is 74.6 Å². The lowest BCUT2D eigenvalue weighted by molar-refractivity contribution is -0.154. The molecule has 0 saturated carbocycles. The predicted molar refractivity (Wildman–Crippen MR) is 98.2 cm³/mol. The van der Waals surface area contributed by atoms with Gasteiger partial charge in [-0.25, -0.2) is 0 Å². The van der Waals surface area contributed by atoms with Gasteiger partial charge in [-0.3, -0.25) is 9.59 Å². The van der Waals surface area contributed by atoms with Crippen LogP contribution < -0.4 is 0 Å². The average molecular weight is 343 g/mol. The molecule has 0 aromatic heterocycles. The Morgan fingerprint density at radius 1 is 0.625 bits per heavy atom. The first kappa shape index (κ1) is 22.9. The number of unbranched alkanes of at least 4 members (excludes halogenated alkanes) is 11. The minimum atomic E-state index is -0.983. The zero-order valence-corrected chi connectivity index (χ0v) is 15.8. The summed E-state index contributed by atoms with van der Waals surface area (Å²) in [7, 11) is 0. The maximum atomic E-state index is 11.3. The van der Waals surface area contributed by atoms with Crippen molar-refractivity contribution >= 4 is 11.9 Å². The van der Waals surface area contributed by atoms with Gasteiger partial charge in [-0.15, -0.1) is 0 Å². The SMILES string of the molecule is CCCCCCCCCCCCCCC(C(=O)O)C(CC)C(=O)O. The Bertz CT molecular complexity index is 328. The van der Waals surface area contributed by atoms with Gasteiger partial charge in [0, 0.05) is 0 Å². The lowest BCUT2D eigenvalue weighted by Gasteiger charge is -2.18. The van der Waals surface area contributed by atoms with Crippen LogP contribution >= 0.6 is 0 Å². The van der Waals surface area contributed by atoms with Crippen molar-refractivity contribution in [3.8, 4) is 0 Å². The molecule has 0 aliphatic carbocycles. The van der Waals surface area contributed by atoms with E-state index in [1.807, 2.05) is 0 Å². The van der Waals surface area contributed by atoms with Crippen molar-refractivity contribution in [1.29, 1.82) is 0 Å². The van der Waals surface area contributed by atoms with Crippen LogP contribution in [0.5, 0.6) is 0 Å². The van der Waals surface area contributed by atoms with Gasteiger partial charge in [-0.1, -0.05) is 90.9 Å². The van der Waals surface area contributed by atoms with Gasteiger partial charge < -0.3 is 10.2 Å². The molecular formula is C20H38O4. The fourth-order valence-corrected chi connectivity index (χ4v) is 3.33. The quantitative estimate of drug-likeness (QED) is 0.323. The van der Waals surface area contributed by atoms with Crippen LogP contribution in [-0.4, -0.2) is 22.2 Å². The van der Waals surface area contributed by atoms with E-state index in [0.29, 0.717) is 12.8 Å². The van der Waals surface area contributed by atoms with Crippen molar-refractivity contribution < 1.29 is 19.8 Å². The number of rotatable bonds is 17. The van der Waals surface area contributed by atoms with E-state index in [9.17, 15) is 14.7 Å². The Hall–Kier alpha value is -1.06. The van der Waals surface area contributed by atoms with Gasteiger partial charge in [0.15, 0.2) is 0 Å². The second-order valence-electron chi connectivity index (χ2n) is 6.98. The standard InChI is InChI=1S/C20H38O4/c1-3-5-6-7-8-9-10-11-12-13-14-15-16-18(20(23)24)17(4-2)19(21)22/h17-18H,3-16H2,1-2H3,(H,21,22)(H,23,24). The molecule has 0 aromatic rings. The largest absolute Gasteiger partial charge is 0.481 e. The highest BCUT2D eigenvalue weighted by molar-refractivity contribution is 5.79. The summed E-state index contributed by atoms with van der Waals surface area (Å²) >= 11 is 0. The van der Waals surface area contributed by atoms with Crippen molar-refractivity contribution in [2.24, 2.45) is 11.8 Å². The molecule has 0 aromatic carbocycles. The van der Waals surface area contributed by atoms with Gasteiger partial charge >= 0.3 is 11.9 Å². The fourth-order valence-electron chi connectivity index (χ4n) is 3.33. The van der Waals surface area contributed by atoms with Crippen molar-refractivity contribution in [1.82, 2.24) is 0 Å². The number of carboxylic acid groups (broad SMARTS) is 2. The van der Waals surface area contributed by atoms with E-state index < -0.39 is 23.8 Å². The highest BCUT2D eigenvalue weighted by Crippen LogP contribution is 2.23. The van der Waals surface area contributed by atoms with Crippen LogP contribution in [0.4, 0.5) is 0 Å². The number of hydrogen-bond acceptors (Lipinski definition) is 2. The molecule has 4 heteroatoms. The molecule has 142 valence electrons. The van der Waals surface area contributed by atoms with Gasteiger partial charge in [0.1, 0.15) is 0 Å². The molecular weight excluding hydrogens is 304 g/mol. The first-order valence-electron chi connectivity index (χ1n) is 10.00. The summed E-state index contributed by atoms with van der Waals surface area (Å²) in [6.45, 7) is 3.99. The van der Waals surface area contributed by atoms with Crippen LogP contribution in [-0.2, 0) is 9.59 Å². The summed E-state index contributed by atoms with van der Waals surface area (Å²) in [6.07, 6.45) is 15.7. The molecule has 4 nitrogen and oxygen atoms in total. The second-order valence-corrected chi connectivity index (χ2v) is 6.98. The molecule has 0 bridgehead atoms. The summed E-state index contributed by atoms with van der Waals surface area (Å²) in [4.78, 5) is 22.4. The monoisotopic (exact) mass is 342 g/mol. The van der Waals surface area contributed by atoms with Crippen molar-refractivity contribution in [3.63, 3.8) is 0 Å². The maximum Gasteiger partial charge on any atom is 0.307 e. The minimum absolute atomic E-state index is 0.380. The zero-order valence-electron chi connectivity index (χ0n) is 15.8. The van der Waals surface area contributed by atoms with Crippen LogP contribution in [0, 0.1) is 11.8 Å². The summed E-state index contributed by atoms with van der Waals surface area (Å²) in [5.41, 5.74) is 0. The van der Waals surface area contributed by atoms with Gasteiger partial charge in [0.05, 0.1) is 11.8 Å². The van der Waals surface area contributed by atoms with Gasteiger partial charge in [-0.2, -0.15) is 0 Å². The highest BCUT2D eigenvalue weighted by atomic mass is 16.4. The third-order valence-electron chi connectivity index (χ3n) is 4.93. The van der Waals surface area contributed by atoms with Crippen molar-refractivity contribution in [2.45, 2.75) is 104 Å². The van der Waals surface area contributed by atoms with E-state index in [1.165, 1.54) is 57.8 Å². The minimum Gasteiger partial charge on any atom is -0.481 e. The number of carboxylic acids is 2. The molecule has 0 saturated heterocycles. The van der Waals surface area contributed by atoms with E-state index in [0.717, 1.165) is 19.3 Å². The third-order valence-corrected chi connectivity index (χ3v) is 4.93. The molecule has 0 radical (unpaired) electrons. The normalized spacial score (nSPS) is 13.6. The van der Waals surface area contributed by atoms with Crippen molar-refractivity contribution in [2.75, 3.05) is 0 Å². The summed E-state index contributed by atoms with van der Waals surface area (Å²) in [5.74, 6) is -3.44. The molecule has 0 spiro atoms. The highest BCUT2D eigenvalue weighted by Gasteiger charge is 2.31. The fraction of sp³-hybridized carbons (Fsp3) is 0.900. The molecule has 0 amide bonds. The molecule has 0 rings (SSSR count). The summed E-state index contributed by atoms with van der Waals surface area (Å²) in [5, 5.41) is 18.4. The molecule has 0 heterocycles. The first-order valence-corrected chi connectivity index (χ1v) is 10.00. The van der Waals surface area contributed by atoms with Crippen LogP contribution in [0.15, 0.2) is 0 Å². The van der Waals surface area contributed by atoms with E-state index in [4.69, 9.17) is 5.11 Å². The van der Waals surface area contributed by atoms with Crippen LogP contribution in [0.2, 0.25) is 0 Å². The van der Waals surface area contributed by atoms with Crippen LogP contribution in [0.3, 0.4) is 0 Å². The Kier molecular flexibility index (Phi) is 14.8. The Morgan fingerprint density at radius 3 is 1.33 bits per heavy atom. The maximum absolute atomic E-state index is 11.3. The summed E-state index contributed by atoms with van der Waals surface area (Å²) < 4.78 is 0. The van der Waals surface area contributed by atoms with E-state index in [-0.39, 0.29) is 0 Å². The van der Waals surface area contributed by atoms with E-state index in [1.54, 1.807) is 6.92 Å². The molecule has 2 N–H and O–H groups in total. The van der Waals surface area contributed by atoms with E-state index >= 15 is 0 Å². The Balaban J connectivity index is 3.63. The Morgan fingerprint density at radius 2 is 1.00 bits per heavy atom. The third kappa shape index (κ3) is 11.5. The predicted octanol–water partition coefficient (Wildman–Crippen LogP) is 5.89. The van der Waals surface area contributed by atoms with Crippen molar-refractivity contribution in [3.05, 3.63) is 0 Å². The average Bonchev–Trinajstić information content (AvgIpc) is 2.54. The lowest BCUT2D eigenvalue weighted by atomic mass is 9.86. The molecule has 2 unspecified atom stereocenters. The first-order chi connectivity index (χ1) is 11.5. The molecule has 2 atom stereocenters. The van der Waals surface area contributed by atoms with Gasteiger partial charge in [-0.05, 0) is 12.8 Å². The second kappa shape index (κ2) is 15.5. The molecule has 24 heavy (non-hydrogen) atoms.